The van der Waals surface area contributed by atoms with Crippen molar-refractivity contribution >= 4 is 11.6 Å². The molecule has 0 aliphatic rings. The first-order valence-corrected chi connectivity index (χ1v) is 7.63. The number of nitrogens with two attached hydrogens (primary N) is 1. The summed E-state index contributed by atoms with van der Waals surface area (Å²) in [6, 6.07) is 11.1. The zero-order chi connectivity index (χ0) is 17.4. The summed E-state index contributed by atoms with van der Waals surface area (Å²) in [6.07, 6.45) is 4.12. The van der Waals surface area contributed by atoms with E-state index in [9.17, 15) is 0 Å². The highest BCUT2D eigenvalue weighted by Crippen LogP contribution is 2.21. The van der Waals surface area contributed by atoms with E-state index in [1.165, 1.54) is 4.52 Å². The van der Waals surface area contributed by atoms with Gasteiger partial charge in [0.05, 0.1) is 23.7 Å². The van der Waals surface area contributed by atoms with Crippen LogP contribution in [0.15, 0.2) is 42.7 Å². The lowest BCUT2D eigenvalue weighted by atomic mass is 10.1. The van der Waals surface area contributed by atoms with Crippen LogP contribution in [-0.4, -0.2) is 29.1 Å². The molecule has 0 atom stereocenters. The van der Waals surface area contributed by atoms with E-state index < -0.39 is 0 Å². The van der Waals surface area contributed by atoms with E-state index in [2.05, 4.69) is 26.1 Å². The SMILES string of the molecule is Cn1ccnc1Cc1nc2cc(-c3cccc(C#N)c3)nc(N)n2n1. The minimum atomic E-state index is 0.244. The molecule has 8 nitrogen and oxygen atoms in total. The highest BCUT2D eigenvalue weighted by Gasteiger charge is 2.12. The molecule has 0 aliphatic carbocycles. The van der Waals surface area contributed by atoms with E-state index in [0.717, 1.165) is 11.4 Å². The predicted octanol–water partition coefficient (Wildman–Crippen LogP) is 1.57. The highest BCUT2D eigenvalue weighted by molar-refractivity contribution is 5.66. The Bertz CT molecular complexity index is 1120. The van der Waals surface area contributed by atoms with E-state index in [0.29, 0.717) is 29.1 Å². The van der Waals surface area contributed by atoms with Gasteiger partial charge in [-0.1, -0.05) is 12.1 Å². The fourth-order valence-electron chi connectivity index (χ4n) is 2.64. The van der Waals surface area contributed by atoms with Crippen LogP contribution in [0.2, 0.25) is 0 Å². The number of anilines is 1. The standard InChI is InChI=1S/C17H14N8/c1-24-6-5-20-15(24)9-14-22-16-8-13(21-17(19)25(16)23-14)12-4-2-3-11(7-12)10-18/h2-8H,9H2,1H3,(H2,19,21). The molecule has 0 spiro atoms. The molecule has 0 saturated carbocycles. The lowest BCUT2D eigenvalue weighted by Crippen LogP contribution is -2.04. The van der Waals surface area contributed by atoms with Gasteiger partial charge in [-0.15, -0.1) is 5.10 Å². The average Bonchev–Trinajstić information content (AvgIpc) is 3.21. The fourth-order valence-corrected chi connectivity index (χ4v) is 2.64. The molecule has 4 aromatic rings. The summed E-state index contributed by atoms with van der Waals surface area (Å²) < 4.78 is 3.43. The Kier molecular flexibility index (Phi) is 3.40. The Hall–Kier alpha value is -3.73. The maximum absolute atomic E-state index is 9.05. The molecule has 0 radical (unpaired) electrons. The van der Waals surface area contributed by atoms with Crippen molar-refractivity contribution in [3.63, 3.8) is 0 Å². The number of aromatic nitrogens is 6. The zero-order valence-electron chi connectivity index (χ0n) is 13.5. The van der Waals surface area contributed by atoms with Crippen LogP contribution in [0.1, 0.15) is 17.2 Å². The van der Waals surface area contributed by atoms with Crippen LogP contribution in [0.25, 0.3) is 16.9 Å². The molecule has 0 fully saturated rings. The van der Waals surface area contributed by atoms with Crippen LogP contribution in [0, 0.1) is 11.3 Å². The number of imidazole rings is 1. The Balaban J connectivity index is 1.77. The zero-order valence-corrected chi connectivity index (χ0v) is 13.5. The number of fused-ring (bicyclic) bond motifs is 1. The molecule has 0 amide bonds. The number of nitriles is 1. The van der Waals surface area contributed by atoms with Gasteiger partial charge in [-0.3, -0.25) is 0 Å². The van der Waals surface area contributed by atoms with Gasteiger partial charge in [-0.25, -0.2) is 15.0 Å². The molecule has 122 valence electrons. The van der Waals surface area contributed by atoms with Crippen LogP contribution >= 0.6 is 0 Å². The first-order chi connectivity index (χ1) is 12.1. The maximum atomic E-state index is 9.05. The third kappa shape index (κ3) is 2.68. The summed E-state index contributed by atoms with van der Waals surface area (Å²) in [4.78, 5) is 13.2. The molecule has 0 saturated heterocycles. The lowest BCUT2D eigenvalue weighted by Gasteiger charge is -2.03. The Labute approximate surface area is 143 Å². The van der Waals surface area contributed by atoms with Gasteiger partial charge in [0.15, 0.2) is 11.5 Å². The average molecular weight is 330 g/mol. The molecule has 3 heterocycles. The van der Waals surface area contributed by atoms with Crippen molar-refractivity contribution in [3.8, 4) is 17.3 Å². The van der Waals surface area contributed by atoms with Crippen LogP contribution in [0.5, 0.6) is 0 Å². The van der Waals surface area contributed by atoms with Crippen LogP contribution in [0.4, 0.5) is 5.95 Å². The molecule has 4 rings (SSSR count). The second kappa shape index (κ2) is 5.72. The summed E-state index contributed by atoms with van der Waals surface area (Å²) >= 11 is 0. The van der Waals surface area contributed by atoms with Crippen LogP contribution in [0.3, 0.4) is 0 Å². The predicted molar refractivity (Wildman–Crippen MR) is 91.4 cm³/mol. The van der Waals surface area contributed by atoms with Crippen molar-refractivity contribution in [2.24, 2.45) is 7.05 Å². The number of hydrogen-bond acceptors (Lipinski definition) is 6. The third-order valence-corrected chi connectivity index (χ3v) is 3.92. The summed E-state index contributed by atoms with van der Waals surface area (Å²) in [5.41, 5.74) is 8.67. The van der Waals surface area contributed by atoms with Gasteiger partial charge in [-0.05, 0) is 12.1 Å². The monoisotopic (exact) mass is 330 g/mol. The van der Waals surface area contributed by atoms with Gasteiger partial charge < -0.3 is 10.3 Å². The normalized spacial score (nSPS) is 10.9. The first kappa shape index (κ1) is 14.8. The van der Waals surface area contributed by atoms with Crippen molar-refractivity contribution in [1.82, 2.24) is 29.1 Å². The second-order valence-electron chi connectivity index (χ2n) is 5.62. The molecule has 3 aromatic heterocycles. The summed E-state index contributed by atoms with van der Waals surface area (Å²) in [7, 11) is 1.92. The minimum absolute atomic E-state index is 0.244. The van der Waals surface area contributed by atoms with Crippen molar-refractivity contribution in [2.45, 2.75) is 6.42 Å². The van der Waals surface area contributed by atoms with E-state index in [4.69, 9.17) is 11.0 Å². The van der Waals surface area contributed by atoms with Crippen molar-refractivity contribution in [3.05, 3.63) is 59.9 Å². The van der Waals surface area contributed by atoms with E-state index in [1.807, 2.05) is 36.0 Å². The Morgan fingerprint density at radius 3 is 2.88 bits per heavy atom. The quantitative estimate of drug-likeness (QED) is 0.610. The summed E-state index contributed by atoms with van der Waals surface area (Å²) in [5.74, 6) is 1.73. The third-order valence-electron chi connectivity index (χ3n) is 3.92. The Morgan fingerprint density at radius 2 is 2.12 bits per heavy atom. The van der Waals surface area contributed by atoms with Gasteiger partial charge in [0.1, 0.15) is 5.82 Å². The molecular formula is C17H14N8. The van der Waals surface area contributed by atoms with E-state index in [1.54, 1.807) is 18.3 Å². The second-order valence-corrected chi connectivity index (χ2v) is 5.62. The molecule has 0 unspecified atom stereocenters. The highest BCUT2D eigenvalue weighted by atomic mass is 15.3. The number of nitrogen functional groups attached to an aromatic ring is 1. The number of aryl methyl sites for hydroxylation is 1. The van der Waals surface area contributed by atoms with Gasteiger partial charge >= 0.3 is 0 Å². The van der Waals surface area contributed by atoms with Crippen molar-refractivity contribution in [1.29, 1.82) is 5.26 Å². The summed E-state index contributed by atoms with van der Waals surface area (Å²) in [5, 5.41) is 13.5. The van der Waals surface area contributed by atoms with E-state index in [-0.39, 0.29) is 5.95 Å². The van der Waals surface area contributed by atoms with Gasteiger partial charge in [0.2, 0.25) is 5.95 Å². The van der Waals surface area contributed by atoms with Crippen molar-refractivity contribution < 1.29 is 0 Å². The molecule has 0 aliphatic heterocycles. The van der Waals surface area contributed by atoms with Gasteiger partial charge in [0.25, 0.3) is 0 Å². The number of rotatable bonds is 3. The van der Waals surface area contributed by atoms with E-state index >= 15 is 0 Å². The number of nitrogens with zero attached hydrogens (tertiary/aromatic N) is 7. The molecule has 25 heavy (non-hydrogen) atoms. The lowest BCUT2D eigenvalue weighted by molar-refractivity contribution is 0.789. The Morgan fingerprint density at radius 1 is 1.24 bits per heavy atom. The first-order valence-electron chi connectivity index (χ1n) is 7.63. The topological polar surface area (TPSA) is 111 Å². The molecule has 0 bridgehead atoms. The minimum Gasteiger partial charge on any atom is -0.368 e. The molecular weight excluding hydrogens is 316 g/mol. The maximum Gasteiger partial charge on any atom is 0.223 e. The fraction of sp³-hybridized carbons (Fsp3) is 0.118. The molecule has 2 N–H and O–H groups in total. The van der Waals surface area contributed by atoms with Crippen LogP contribution in [-0.2, 0) is 13.5 Å². The van der Waals surface area contributed by atoms with Gasteiger partial charge in [-0.2, -0.15) is 9.78 Å². The van der Waals surface area contributed by atoms with Gasteiger partial charge in [0, 0.05) is 31.1 Å². The number of hydrogen-bond donors (Lipinski definition) is 1. The molecule has 1 aromatic carbocycles. The molecule has 8 heteroatoms. The largest absolute Gasteiger partial charge is 0.368 e. The van der Waals surface area contributed by atoms with Crippen molar-refractivity contribution in [2.75, 3.05) is 5.73 Å². The number of benzene rings is 1. The summed E-state index contributed by atoms with van der Waals surface area (Å²) in [6.45, 7) is 0. The smallest absolute Gasteiger partial charge is 0.223 e. The van der Waals surface area contributed by atoms with Crippen LogP contribution < -0.4 is 5.73 Å².